The quantitative estimate of drug-likeness (QED) is 0.383. The lowest BCUT2D eigenvalue weighted by atomic mass is 11.1. The molecule has 1 aromatic rings. The maximum atomic E-state index is 4.83. The first kappa shape index (κ1) is 3.81. The van der Waals surface area contributed by atoms with Crippen molar-refractivity contribution >= 4 is 0 Å². The van der Waals surface area contributed by atoms with E-state index in [1.54, 1.807) is 0 Å². The van der Waals surface area contributed by atoms with Gasteiger partial charge in [-0.25, -0.2) is 0 Å². The maximum absolute atomic E-state index is 4.83. The highest BCUT2D eigenvalue weighted by atomic mass is 15.5. The average Bonchev–Trinajstić information content (AvgIpc) is 2.14. The third-order valence-corrected chi connectivity index (χ3v) is 0.436. The van der Waals surface area contributed by atoms with Crippen molar-refractivity contribution in [2.45, 2.75) is 0 Å². The molecule has 4 heteroatoms. The topological polar surface area (TPSA) is 43.6 Å². The van der Waals surface area contributed by atoms with Gasteiger partial charge in [-0.1, -0.05) is 6.42 Å². The maximum Gasteiger partial charge on any atom is 0.236 e. The minimum absolute atomic E-state index is 1.06. The molecule has 1 radical (unpaired) electrons. The summed E-state index contributed by atoms with van der Waals surface area (Å²) in [5.74, 6) is 0. The second-order valence-electron chi connectivity index (χ2n) is 0.820. The van der Waals surface area contributed by atoms with Crippen LogP contribution in [0, 0.1) is 18.8 Å². The van der Waals surface area contributed by atoms with Gasteiger partial charge in [0.05, 0.1) is 0 Å². The zero-order valence-corrected chi connectivity index (χ0v) is 3.37. The van der Waals surface area contributed by atoms with Gasteiger partial charge in [0, 0.05) is 6.04 Å². The van der Waals surface area contributed by atoms with E-state index in [0.29, 0.717) is 0 Å². The third-order valence-electron chi connectivity index (χ3n) is 0.436. The van der Waals surface area contributed by atoms with Crippen molar-refractivity contribution in [1.82, 2.24) is 20.2 Å². The van der Waals surface area contributed by atoms with E-state index < -0.39 is 0 Å². The number of tetrazole rings is 1. The Bertz CT molecular complexity index is 169. The highest BCUT2D eigenvalue weighted by molar-refractivity contribution is 4.82. The number of terminal acetylenes is 1. The first-order valence-corrected chi connectivity index (χ1v) is 1.56. The molecular weight excluding hydrogens is 92.1 g/mol. The standard InChI is InChI=1S/C3HN4/c1-2-7-3-4-5-6-7/h1H. The van der Waals surface area contributed by atoms with Crippen LogP contribution in [0.15, 0.2) is 0 Å². The van der Waals surface area contributed by atoms with E-state index in [9.17, 15) is 0 Å². The zero-order chi connectivity index (χ0) is 5.11. The van der Waals surface area contributed by atoms with Crippen molar-refractivity contribution in [3.8, 4) is 12.5 Å². The molecule has 0 saturated heterocycles. The molecular formula is C3HN4. The fraction of sp³-hybridized carbons (Fsp3) is 0. The lowest BCUT2D eigenvalue weighted by molar-refractivity contribution is 0.808. The summed E-state index contributed by atoms with van der Waals surface area (Å²) in [5.41, 5.74) is 0. The molecule has 0 aliphatic rings. The highest BCUT2D eigenvalue weighted by Gasteiger charge is 1.79. The highest BCUT2D eigenvalue weighted by Crippen LogP contribution is 1.61. The number of hydrogen-bond acceptors (Lipinski definition) is 3. The Kier molecular flexibility index (Phi) is 0.755. The normalized spacial score (nSPS) is 7.86. The molecule has 7 heavy (non-hydrogen) atoms. The molecule has 4 nitrogen and oxygen atoms in total. The molecule has 0 aliphatic carbocycles. The third kappa shape index (κ3) is 0.550. The summed E-state index contributed by atoms with van der Waals surface area (Å²) in [5, 5.41) is 9.68. The lowest BCUT2D eigenvalue weighted by Gasteiger charge is -1.69. The monoisotopic (exact) mass is 93.0 g/mol. The zero-order valence-electron chi connectivity index (χ0n) is 3.37. The van der Waals surface area contributed by atoms with Gasteiger partial charge in [-0.05, 0) is 10.4 Å². The van der Waals surface area contributed by atoms with Crippen LogP contribution in [0.25, 0.3) is 0 Å². The Morgan fingerprint density at radius 3 is 2.86 bits per heavy atom. The molecule has 33 valence electrons. The summed E-state index contributed by atoms with van der Waals surface area (Å²) in [6.07, 6.45) is 7.13. The Balaban J connectivity index is 3.04. The predicted molar refractivity (Wildman–Crippen MR) is 20.9 cm³/mol. The Morgan fingerprint density at radius 2 is 2.57 bits per heavy atom. The van der Waals surface area contributed by atoms with E-state index in [2.05, 4.69) is 27.9 Å². The lowest BCUT2D eigenvalue weighted by Crippen LogP contribution is -1.86. The van der Waals surface area contributed by atoms with Gasteiger partial charge < -0.3 is 0 Å². The van der Waals surface area contributed by atoms with Gasteiger partial charge in [0.25, 0.3) is 0 Å². The summed E-state index contributed by atoms with van der Waals surface area (Å²) in [4.78, 5) is 0. The molecule has 0 fully saturated rings. The first-order valence-electron chi connectivity index (χ1n) is 1.56. The molecule has 0 aliphatic heterocycles. The summed E-state index contributed by atoms with van der Waals surface area (Å²) in [6, 6.07) is 2.13. The van der Waals surface area contributed by atoms with Crippen molar-refractivity contribution in [2.24, 2.45) is 0 Å². The van der Waals surface area contributed by atoms with E-state index in [0.717, 1.165) is 4.68 Å². The van der Waals surface area contributed by atoms with E-state index in [1.807, 2.05) is 0 Å². The van der Waals surface area contributed by atoms with Gasteiger partial charge in [-0.3, -0.25) is 0 Å². The van der Waals surface area contributed by atoms with Crippen molar-refractivity contribution in [1.29, 1.82) is 0 Å². The fourth-order valence-corrected chi connectivity index (χ4v) is 0.197. The van der Waals surface area contributed by atoms with Gasteiger partial charge in [0.1, 0.15) is 0 Å². The second-order valence-corrected chi connectivity index (χ2v) is 0.820. The average molecular weight is 93.1 g/mol. The molecule has 0 bridgehead atoms. The Hall–Kier alpha value is -1.37. The number of aromatic nitrogens is 4. The molecule has 0 unspecified atom stereocenters. The Morgan fingerprint density at radius 1 is 1.71 bits per heavy atom. The summed E-state index contributed by atoms with van der Waals surface area (Å²) < 4.78 is 1.06. The van der Waals surface area contributed by atoms with Crippen LogP contribution in [-0.4, -0.2) is 20.2 Å². The molecule has 0 aromatic carbocycles. The van der Waals surface area contributed by atoms with Gasteiger partial charge in [-0.15, -0.1) is 9.78 Å². The molecule has 0 saturated carbocycles. The molecule has 1 heterocycles. The van der Waals surface area contributed by atoms with Crippen molar-refractivity contribution in [2.75, 3.05) is 0 Å². The van der Waals surface area contributed by atoms with E-state index in [-0.39, 0.29) is 0 Å². The second kappa shape index (κ2) is 1.39. The van der Waals surface area contributed by atoms with Gasteiger partial charge in [-0.2, -0.15) is 0 Å². The van der Waals surface area contributed by atoms with Crippen molar-refractivity contribution in [3.63, 3.8) is 0 Å². The molecule has 1 rings (SSSR count). The first-order chi connectivity index (χ1) is 3.43. The van der Waals surface area contributed by atoms with Gasteiger partial charge >= 0.3 is 0 Å². The van der Waals surface area contributed by atoms with Crippen LogP contribution in [0.4, 0.5) is 0 Å². The van der Waals surface area contributed by atoms with Crippen LogP contribution in [0.5, 0.6) is 0 Å². The van der Waals surface area contributed by atoms with Crippen LogP contribution in [-0.2, 0) is 0 Å². The molecule has 0 spiro atoms. The van der Waals surface area contributed by atoms with E-state index in [4.69, 9.17) is 6.42 Å². The summed E-state index contributed by atoms with van der Waals surface area (Å²) in [6.45, 7) is 0. The van der Waals surface area contributed by atoms with Crippen LogP contribution in [0.2, 0.25) is 0 Å². The van der Waals surface area contributed by atoms with Crippen LogP contribution >= 0.6 is 0 Å². The van der Waals surface area contributed by atoms with E-state index >= 15 is 0 Å². The SMILES string of the molecule is C#Cn1[c]nnn1. The summed E-state index contributed by atoms with van der Waals surface area (Å²) >= 11 is 0. The van der Waals surface area contributed by atoms with Crippen molar-refractivity contribution in [3.05, 3.63) is 6.33 Å². The molecule has 0 amide bonds. The minimum atomic E-state index is 1.06. The summed E-state index contributed by atoms with van der Waals surface area (Å²) in [7, 11) is 0. The largest absolute Gasteiger partial charge is 0.236 e. The number of nitrogens with zero attached hydrogens (tertiary/aromatic N) is 4. The van der Waals surface area contributed by atoms with Gasteiger partial charge in [0.2, 0.25) is 6.33 Å². The van der Waals surface area contributed by atoms with E-state index in [1.165, 1.54) is 0 Å². The predicted octanol–water partition coefficient (Wildman–Crippen LogP) is -1.09. The van der Waals surface area contributed by atoms with Crippen LogP contribution in [0.1, 0.15) is 0 Å². The Labute approximate surface area is 40.1 Å². The smallest absolute Gasteiger partial charge is 0.145 e. The fourth-order valence-electron chi connectivity index (χ4n) is 0.197. The number of rotatable bonds is 0. The molecule has 0 N–H and O–H groups in total. The van der Waals surface area contributed by atoms with Crippen molar-refractivity contribution < 1.29 is 0 Å². The van der Waals surface area contributed by atoms with Crippen LogP contribution < -0.4 is 0 Å². The minimum Gasteiger partial charge on any atom is -0.145 e. The van der Waals surface area contributed by atoms with Crippen LogP contribution in [0.3, 0.4) is 0 Å². The van der Waals surface area contributed by atoms with Gasteiger partial charge in [0.15, 0.2) is 0 Å². The number of hydrogen-bond donors (Lipinski definition) is 0. The molecule has 0 atom stereocenters. The molecule has 1 aromatic heterocycles.